The van der Waals surface area contributed by atoms with E-state index in [1.807, 2.05) is 0 Å². The molecule has 1 aliphatic heterocycles. The van der Waals surface area contributed by atoms with Crippen LogP contribution in [-0.4, -0.2) is 17.5 Å². The lowest BCUT2D eigenvalue weighted by Gasteiger charge is -2.28. The summed E-state index contributed by atoms with van der Waals surface area (Å²) in [6, 6.07) is 0.604. The van der Waals surface area contributed by atoms with Gasteiger partial charge in [0.2, 0.25) is 0 Å². The minimum Gasteiger partial charge on any atom is -0.364 e. The Kier molecular flexibility index (Phi) is 2.50. The minimum atomic E-state index is 0.604. The molecule has 3 rings (SSSR count). The second-order valence-corrected chi connectivity index (χ2v) is 5.39. The number of fused-ring (bicyclic) bond motifs is 2. The zero-order chi connectivity index (χ0) is 12.0. The Morgan fingerprint density at radius 1 is 1.35 bits per heavy atom. The Morgan fingerprint density at radius 3 is 2.94 bits per heavy atom. The molecule has 2 aliphatic carbocycles. The third-order valence-electron chi connectivity index (χ3n) is 4.55. The molecule has 0 saturated heterocycles. The van der Waals surface area contributed by atoms with Crippen molar-refractivity contribution in [1.29, 1.82) is 0 Å². The largest absolute Gasteiger partial charge is 0.364 e. The maximum absolute atomic E-state index is 2.57. The van der Waals surface area contributed by atoms with Crippen molar-refractivity contribution in [1.82, 2.24) is 4.90 Å². The highest BCUT2D eigenvalue weighted by molar-refractivity contribution is 5.54. The second-order valence-electron chi connectivity index (χ2n) is 5.39. The quantitative estimate of drug-likeness (QED) is 0.660. The van der Waals surface area contributed by atoms with E-state index in [4.69, 9.17) is 0 Å². The molecule has 0 bridgehead atoms. The van der Waals surface area contributed by atoms with Gasteiger partial charge in [0.15, 0.2) is 0 Å². The van der Waals surface area contributed by atoms with E-state index in [1.54, 1.807) is 11.1 Å². The molecule has 0 N–H and O–H groups in total. The summed E-state index contributed by atoms with van der Waals surface area (Å²) in [5.41, 5.74) is 4.67. The van der Waals surface area contributed by atoms with E-state index in [1.165, 1.54) is 12.1 Å². The van der Waals surface area contributed by atoms with Gasteiger partial charge < -0.3 is 4.90 Å². The van der Waals surface area contributed by atoms with Crippen LogP contribution < -0.4 is 0 Å². The van der Waals surface area contributed by atoms with Gasteiger partial charge in [0, 0.05) is 12.2 Å². The molecule has 0 radical (unpaired) electrons. The Labute approximate surface area is 104 Å². The highest BCUT2D eigenvalue weighted by Gasteiger charge is 2.38. The van der Waals surface area contributed by atoms with E-state index in [9.17, 15) is 0 Å². The molecule has 0 spiro atoms. The van der Waals surface area contributed by atoms with E-state index in [2.05, 4.69) is 56.1 Å². The van der Waals surface area contributed by atoms with Gasteiger partial charge in [-0.3, -0.25) is 0 Å². The van der Waals surface area contributed by atoms with Crippen molar-refractivity contribution in [3.05, 3.63) is 47.2 Å². The number of hydrogen-bond donors (Lipinski definition) is 0. The van der Waals surface area contributed by atoms with E-state index in [0.717, 1.165) is 6.54 Å². The molecule has 3 atom stereocenters. The fourth-order valence-corrected chi connectivity index (χ4v) is 3.40. The summed E-state index contributed by atoms with van der Waals surface area (Å²) in [6.07, 6.45) is 12.8. The van der Waals surface area contributed by atoms with Crippen LogP contribution in [0.5, 0.6) is 0 Å². The summed E-state index contributed by atoms with van der Waals surface area (Å²) in [5.74, 6) is 1.32. The fourth-order valence-electron chi connectivity index (χ4n) is 3.40. The van der Waals surface area contributed by atoms with Crippen LogP contribution in [0.3, 0.4) is 0 Å². The van der Waals surface area contributed by atoms with Crippen LogP contribution >= 0.6 is 0 Å². The van der Waals surface area contributed by atoms with Crippen molar-refractivity contribution < 1.29 is 0 Å². The lowest BCUT2D eigenvalue weighted by atomic mass is 9.79. The van der Waals surface area contributed by atoms with Gasteiger partial charge in [-0.25, -0.2) is 0 Å². The van der Waals surface area contributed by atoms with Gasteiger partial charge in [-0.15, -0.1) is 0 Å². The van der Waals surface area contributed by atoms with Crippen LogP contribution in [0.15, 0.2) is 47.2 Å². The lowest BCUT2D eigenvalue weighted by Crippen LogP contribution is -2.30. The third-order valence-corrected chi connectivity index (χ3v) is 4.55. The molecular weight excluding hydrogens is 206 g/mol. The van der Waals surface area contributed by atoms with E-state index in [-0.39, 0.29) is 0 Å². The van der Waals surface area contributed by atoms with Crippen LogP contribution in [0, 0.1) is 11.8 Å². The van der Waals surface area contributed by atoms with Crippen LogP contribution in [0.25, 0.3) is 0 Å². The minimum absolute atomic E-state index is 0.604. The standard InChI is InChI=1S/C16H21N/c1-4-17-14-8-6-5-7-13(14)16-12(3)11(2)9-10-15(16)17/h5-7,9-12,14H,4,8H2,1-3H3. The number of nitrogens with zero attached hydrogens (tertiary/aromatic N) is 1. The van der Waals surface area contributed by atoms with Crippen molar-refractivity contribution in [2.24, 2.45) is 11.8 Å². The van der Waals surface area contributed by atoms with Crippen molar-refractivity contribution >= 4 is 0 Å². The molecule has 90 valence electrons. The first kappa shape index (κ1) is 10.9. The summed E-state index contributed by atoms with van der Waals surface area (Å²) in [7, 11) is 0. The van der Waals surface area contributed by atoms with Crippen LogP contribution in [0.2, 0.25) is 0 Å². The molecule has 0 aromatic rings. The zero-order valence-electron chi connectivity index (χ0n) is 11.0. The number of hydrogen-bond acceptors (Lipinski definition) is 1. The predicted octanol–water partition coefficient (Wildman–Crippen LogP) is 3.67. The second kappa shape index (κ2) is 3.90. The SMILES string of the molecule is CCN1C2=C(C3=CC=CCC31)C(C)C(C)C=C2. The first-order valence-corrected chi connectivity index (χ1v) is 6.80. The molecule has 1 heteroatoms. The van der Waals surface area contributed by atoms with Crippen LogP contribution in [-0.2, 0) is 0 Å². The average molecular weight is 227 g/mol. The van der Waals surface area contributed by atoms with Gasteiger partial charge in [-0.2, -0.15) is 0 Å². The maximum atomic E-state index is 2.57. The molecular formula is C16H21N. The van der Waals surface area contributed by atoms with Crippen molar-refractivity contribution in [2.75, 3.05) is 6.54 Å². The van der Waals surface area contributed by atoms with E-state index in [0.29, 0.717) is 17.9 Å². The highest BCUT2D eigenvalue weighted by Crippen LogP contribution is 2.45. The number of rotatable bonds is 1. The highest BCUT2D eigenvalue weighted by atomic mass is 15.2. The lowest BCUT2D eigenvalue weighted by molar-refractivity contribution is 0.325. The van der Waals surface area contributed by atoms with Gasteiger partial charge in [-0.05, 0) is 42.4 Å². The molecule has 0 amide bonds. The van der Waals surface area contributed by atoms with E-state index < -0.39 is 0 Å². The molecule has 1 heterocycles. The first-order valence-electron chi connectivity index (χ1n) is 6.80. The van der Waals surface area contributed by atoms with Gasteiger partial charge in [0.25, 0.3) is 0 Å². The molecule has 3 aliphatic rings. The number of allylic oxidation sites excluding steroid dienone is 4. The van der Waals surface area contributed by atoms with Crippen LogP contribution in [0.4, 0.5) is 0 Å². The third kappa shape index (κ3) is 1.45. The van der Waals surface area contributed by atoms with Crippen LogP contribution in [0.1, 0.15) is 27.2 Å². The maximum Gasteiger partial charge on any atom is 0.0580 e. The average Bonchev–Trinajstić information content (AvgIpc) is 2.68. The topological polar surface area (TPSA) is 3.24 Å². The summed E-state index contributed by atoms with van der Waals surface area (Å²) >= 11 is 0. The first-order chi connectivity index (χ1) is 8.24. The van der Waals surface area contributed by atoms with Gasteiger partial charge in [0.05, 0.1) is 6.04 Å². The number of likely N-dealkylation sites (N-methyl/N-ethyl adjacent to an activating group) is 1. The van der Waals surface area contributed by atoms with Gasteiger partial charge >= 0.3 is 0 Å². The van der Waals surface area contributed by atoms with E-state index >= 15 is 0 Å². The molecule has 1 nitrogen and oxygen atoms in total. The monoisotopic (exact) mass is 227 g/mol. The summed E-state index contributed by atoms with van der Waals surface area (Å²) in [4.78, 5) is 2.57. The molecule has 0 aromatic carbocycles. The Hall–Kier alpha value is -1.24. The Bertz CT molecular complexity index is 450. The Morgan fingerprint density at radius 2 is 2.18 bits per heavy atom. The summed E-state index contributed by atoms with van der Waals surface area (Å²) < 4.78 is 0. The fraction of sp³-hybridized carbons (Fsp3) is 0.500. The smallest absolute Gasteiger partial charge is 0.0580 e. The van der Waals surface area contributed by atoms with Crippen molar-refractivity contribution in [2.45, 2.75) is 33.2 Å². The molecule has 0 fully saturated rings. The molecule has 0 aromatic heterocycles. The van der Waals surface area contributed by atoms with Gasteiger partial charge in [0.1, 0.15) is 0 Å². The predicted molar refractivity (Wildman–Crippen MR) is 72.5 cm³/mol. The normalized spacial score (nSPS) is 34.9. The zero-order valence-corrected chi connectivity index (χ0v) is 11.0. The van der Waals surface area contributed by atoms with Crippen molar-refractivity contribution in [3.63, 3.8) is 0 Å². The molecule has 0 saturated carbocycles. The summed E-state index contributed by atoms with van der Waals surface area (Å²) in [5, 5.41) is 0. The van der Waals surface area contributed by atoms with Crippen molar-refractivity contribution in [3.8, 4) is 0 Å². The molecule has 17 heavy (non-hydrogen) atoms. The van der Waals surface area contributed by atoms with Gasteiger partial charge in [-0.1, -0.05) is 38.2 Å². The summed E-state index contributed by atoms with van der Waals surface area (Å²) in [6.45, 7) is 8.08. The molecule has 3 unspecified atom stereocenters. The Balaban J connectivity index is 2.11.